The van der Waals surface area contributed by atoms with Gasteiger partial charge in [0.15, 0.2) is 0 Å². The number of nitrogens with zero attached hydrogens (tertiary/aromatic N) is 1. The molecule has 1 nitrogen and oxygen atoms in total. The highest BCUT2D eigenvalue weighted by atomic mass is 32.1. The zero-order chi connectivity index (χ0) is 21.3. The number of unbranched alkanes of at least 4 members (excludes halogenated alkanes) is 5. The summed E-state index contributed by atoms with van der Waals surface area (Å²) < 4.78 is 1.22. The molecule has 0 radical (unpaired) electrons. The molecule has 4 aromatic rings. The molecular weight excluding hydrogens is 394 g/mol. The Balaban J connectivity index is 1.33. The van der Waals surface area contributed by atoms with Crippen molar-refractivity contribution in [3.05, 3.63) is 89.5 Å². The Bertz CT molecular complexity index is 1120. The van der Waals surface area contributed by atoms with Crippen molar-refractivity contribution in [1.82, 2.24) is 4.98 Å². The van der Waals surface area contributed by atoms with Crippen LogP contribution in [-0.2, 0) is 6.42 Å². The molecule has 0 N–H and O–H groups in total. The number of hydrogen-bond acceptors (Lipinski definition) is 2. The first-order valence-corrected chi connectivity index (χ1v) is 12.2. The van der Waals surface area contributed by atoms with E-state index in [0.717, 1.165) is 27.2 Å². The number of rotatable bonds is 8. The highest BCUT2D eigenvalue weighted by molar-refractivity contribution is 7.21. The Kier molecular flexibility index (Phi) is 7.53. The third-order valence-corrected chi connectivity index (χ3v) is 6.64. The van der Waals surface area contributed by atoms with Gasteiger partial charge in [-0.2, -0.15) is 0 Å². The zero-order valence-electron chi connectivity index (χ0n) is 18.2. The van der Waals surface area contributed by atoms with Crippen LogP contribution in [0.2, 0.25) is 0 Å². The zero-order valence-corrected chi connectivity index (χ0v) is 19.0. The van der Waals surface area contributed by atoms with Gasteiger partial charge in [0.25, 0.3) is 0 Å². The maximum absolute atomic E-state index is 4.74. The fraction of sp³-hybridized carbons (Fsp3) is 0.276. The normalized spacial score (nSPS) is 10.7. The molecule has 0 amide bonds. The number of para-hydroxylation sites is 1. The molecular formula is C29H29NS. The number of thiazole rings is 1. The summed E-state index contributed by atoms with van der Waals surface area (Å²) >= 11 is 1.73. The molecule has 0 saturated heterocycles. The van der Waals surface area contributed by atoms with E-state index in [1.54, 1.807) is 11.3 Å². The summed E-state index contributed by atoms with van der Waals surface area (Å²) in [5.74, 6) is 6.59. The molecule has 31 heavy (non-hydrogen) atoms. The van der Waals surface area contributed by atoms with Gasteiger partial charge in [0.2, 0.25) is 0 Å². The van der Waals surface area contributed by atoms with Gasteiger partial charge in [0.05, 0.1) is 10.2 Å². The highest BCUT2D eigenvalue weighted by Crippen LogP contribution is 2.29. The molecule has 0 unspecified atom stereocenters. The van der Waals surface area contributed by atoms with Gasteiger partial charge in [0.1, 0.15) is 5.01 Å². The summed E-state index contributed by atoms with van der Waals surface area (Å²) in [6.07, 6.45) is 9.24. The quantitative estimate of drug-likeness (QED) is 0.205. The average Bonchev–Trinajstić information content (AvgIpc) is 3.25. The number of fused-ring (bicyclic) bond motifs is 1. The Hall–Kier alpha value is -2.89. The van der Waals surface area contributed by atoms with Crippen LogP contribution < -0.4 is 0 Å². The molecule has 4 rings (SSSR count). The van der Waals surface area contributed by atoms with Crippen molar-refractivity contribution < 1.29 is 0 Å². The van der Waals surface area contributed by atoms with Crippen LogP contribution >= 0.6 is 11.3 Å². The highest BCUT2D eigenvalue weighted by Gasteiger charge is 2.05. The number of hydrogen-bond donors (Lipinski definition) is 0. The predicted octanol–water partition coefficient (Wildman–Crippen LogP) is 8.27. The molecule has 0 spiro atoms. The average molecular weight is 424 g/mol. The monoisotopic (exact) mass is 423 g/mol. The lowest BCUT2D eigenvalue weighted by Crippen LogP contribution is -1.87. The summed E-state index contributed by atoms with van der Waals surface area (Å²) in [6.45, 7) is 2.27. The van der Waals surface area contributed by atoms with Crippen LogP contribution in [0.1, 0.15) is 62.1 Å². The van der Waals surface area contributed by atoms with Crippen molar-refractivity contribution in [3.8, 4) is 22.4 Å². The molecule has 1 aromatic heterocycles. The minimum Gasteiger partial charge on any atom is -0.236 e. The van der Waals surface area contributed by atoms with Crippen molar-refractivity contribution in [1.29, 1.82) is 0 Å². The lowest BCUT2D eigenvalue weighted by molar-refractivity contribution is 0.607. The fourth-order valence-electron chi connectivity index (χ4n) is 3.70. The molecule has 0 bridgehead atoms. The first-order chi connectivity index (χ1) is 15.3. The fourth-order valence-corrected chi connectivity index (χ4v) is 4.67. The predicted molar refractivity (Wildman–Crippen MR) is 135 cm³/mol. The number of benzene rings is 3. The van der Waals surface area contributed by atoms with Crippen molar-refractivity contribution in [2.75, 3.05) is 0 Å². The van der Waals surface area contributed by atoms with Crippen LogP contribution in [0, 0.1) is 11.8 Å². The van der Waals surface area contributed by atoms with Crippen LogP contribution in [-0.4, -0.2) is 4.98 Å². The summed E-state index contributed by atoms with van der Waals surface area (Å²) in [6, 6.07) is 25.4. The van der Waals surface area contributed by atoms with Gasteiger partial charge in [-0.05, 0) is 54.8 Å². The summed E-state index contributed by atoms with van der Waals surface area (Å²) in [7, 11) is 0. The summed E-state index contributed by atoms with van der Waals surface area (Å²) in [4.78, 5) is 4.74. The Morgan fingerprint density at radius 3 is 2.06 bits per heavy atom. The van der Waals surface area contributed by atoms with Gasteiger partial charge >= 0.3 is 0 Å². The molecule has 0 fully saturated rings. The second kappa shape index (κ2) is 10.9. The van der Waals surface area contributed by atoms with E-state index in [2.05, 4.69) is 85.5 Å². The van der Waals surface area contributed by atoms with E-state index in [1.165, 1.54) is 55.2 Å². The largest absolute Gasteiger partial charge is 0.236 e. The van der Waals surface area contributed by atoms with Crippen molar-refractivity contribution in [3.63, 3.8) is 0 Å². The molecule has 2 heteroatoms. The standard InChI is InChI=1S/C29H29NS/c1-2-3-4-5-6-7-10-23-13-15-24(16-14-23)17-18-25-19-21-26(22-20-25)29-30-27-11-8-9-12-28(27)31-29/h8-9,11-16,19-22H,2-7,10H2,1H3. The molecule has 0 saturated carbocycles. The van der Waals surface area contributed by atoms with Crippen LogP contribution in [0.3, 0.4) is 0 Å². The van der Waals surface area contributed by atoms with E-state index in [1.807, 2.05) is 6.07 Å². The van der Waals surface area contributed by atoms with Gasteiger partial charge in [-0.1, -0.05) is 87.3 Å². The maximum atomic E-state index is 4.74. The van der Waals surface area contributed by atoms with Crippen molar-refractivity contribution in [2.45, 2.75) is 51.9 Å². The van der Waals surface area contributed by atoms with Gasteiger partial charge in [-0.25, -0.2) is 4.98 Å². The molecule has 0 atom stereocenters. The van der Waals surface area contributed by atoms with Crippen molar-refractivity contribution in [2.24, 2.45) is 0 Å². The van der Waals surface area contributed by atoms with Gasteiger partial charge in [-0.15, -0.1) is 11.3 Å². The number of aryl methyl sites for hydroxylation is 1. The lowest BCUT2D eigenvalue weighted by atomic mass is 10.0. The molecule has 3 aromatic carbocycles. The maximum Gasteiger partial charge on any atom is 0.124 e. The van der Waals surface area contributed by atoms with Crippen LogP contribution in [0.25, 0.3) is 20.8 Å². The SMILES string of the molecule is CCCCCCCCc1ccc(C#Cc2ccc(-c3nc4ccccc4s3)cc2)cc1. The van der Waals surface area contributed by atoms with Crippen molar-refractivity contribution >= 4 is 21.6 Å². The third-order valence-electron chi connectivity index (χ3n) is 5.55. The van der Waals surface area contributed by atoms with E-state index >= 15 is 0 Å². The summed E-state index contributed by atoms with van der Waals surface area (Å²) in [5, 5.41) is 1.06. The Morgan fingerprint density at radius 2 is 1.35 bits per heavy atom. The van der Waals surface area contributed by atoms with E-state index in [9.17, 15) is 0 Å². The van der Waals surface area contributed by atoms with E-state index < -0.39 is 0 Å². The Labute approximate surface area is 190 Å². The second-order valence-corrected chi connectivity index (χ2v) is 9.06. The Morgan fingerprint density at radius 1 is 0.710 bits per heavy atom. The first-order valence-electron chi connectivity index (χ1n) is 11.4. The van der Waals surface area contributed by atoms with E-state index in [0.29, 0.717) is 0 Å². The molecule has 0 aliphatic carbocycles. The van der Waals surface area contributed by atoms with Gasteiger partial charge in [-0.3, -0.25) is 0 Å². The van der Waals surface area contributed by atoms with Crippen LogP contribution in [0.5, 0.6) is 0 Å². The number of aromatic nitrogens is 1. The van der Waals surface area contributed by atoms with Gasteiger partial charge < -0.3 is 0 Å². The minimum absolute atomic E-state index is 1.03. The molecule has 0 aliphatic rings. The second-order valence-electron chi connectivity index (χ2n) is 8.03. The molecule has 156 valence electrons. The smallest absolute Gasteiger partial charge is 0.124 e. The van der Waals surface area contributed by atoms with E-state index in [4.69, 9.17) is 4.98 Å². The molecule has 1 heterocycles. The van der Waals surface area contributed by atoms with E-state index in [-0.39, 0.29) is 0 Å². The van der Waals surface area contributed by atoms with Crippen LogP contribution in [0.15, 0.2) is 72.8 Å². The minimum atomic E-state index is 1.03. The first kappa shape index (κ1) is 21.3. The van der Waals surface area contributed by atoms with Gasteiger partial charge in [0, 0.05) is 16.7 Å². The van der Waals surface area contributed by atoms with Crippen LogP contribution in [0.4, 0.5) is 0 Å². The summed E-state index contributed by atoms with van der Waals surface area (Å²) in [5.41, 5.74) is 5.72. The molecule has 0 aliphatic heterocycles. The lowest BCUT2D eigenvalue weighted by Gasteiger charge is -2.02. The topological polar surface area (TPSA) is 12.9 Å². The third kappa shape index (κ3) is 6.06.